The van der Waals surface area contributed by atoms with Crippen LogP contribution >= 0.6 is 23.2 Å². The molecule has 0 aliphatic heterocycles. The molecule has 7 heteroatoms. The zero-order valence-electron chi connectivity index (χ0n) is 17.8. The molecule has 0 radical (unpaired) electrons. The summed E-state index contributed by atoms with van der Waals surface area (Å²) < 4.78 is 13.7. The molecule has 1 fully saturated rings. The number of carbonyl (C=O) groups is 1. The Bertz CT molecular complexity index is 887. The highest BCUT2D eigenvalue weighted by molar-refractivity contribution is 6.42. The molecule has 1 unspecified atom stereocenters. The molecule has 1 atom stereocenters. The van der Waals surface area contributed by atoms with E-state index in [0.717, 1.165) is 18.5 Å². The van der Waals surface area contributed by atoms with Gasteiger partial charge in [0.15, 0.2) is 0 Å². The van der Waals surface area contributed by atoms with Gasteiger partial charge in [0.2, 0.25) is 0 Å². The Labute approximate surface area is 193 Å². The minimum atomic E-state index is -0.317. The van der Waals surface area contributed by atoms with E-state index in [0.29, 0.717) is 40.3 Å². The van der Waals surface area contributed by atoms with Gasteiger partial charge >= 0.3 is 6.03 Å². The van der Waals surface area contributed by atoms with Crippen molar-refractivity contribution in [2.45, 2.75) is 57.4 Å². The normalized spacial score (nSPS) is 15.1. The van der Waals surface area contributed by atoms with E-state index in [1.807, 2.05) is 19.1 Å². The number of hydrogen-bond donors (Lipinski definition) is 3. The van der Waals surface area contributed by atoms with Gasteiger partial charge in [-0.3, -0.25) is 0 Å². The fourth-order valence-corrected chi connectivity index (χ4v) is 4.37. The number of anilines is 1. The minimum Gasteiger partial charge on any atom is -0.337 e. The van der Waals surface area contributed by atoms with Crippen molar-refractivity contribution in [2.24, 2.45) is 0 Å². The molecule has 3 N–H and O–H groups in total. The first kappa shape index (κ1) is 23.8. The standard InChI is InChI=1S/C24H30Cl2FN3O/c1-2-16-13-20(8-10-23(16)27)30-24(31)29-15-18(11-12-28-19-5-3-4-6-19)17-7-9-21(25)22(26)14-17/h7-10,13-14,18-19,28H,2-6,11-12,15H2,1H3,(H2,29,30,31). The number of aryl methyl sites for hydroxylation is 1. The van der Waals surface area contributed by atoms with Crippen LogP contribution in [-0.2, 0) is 6.42 Å². The number of benzene rings is 2. The quantitative estimate of drug-likeness (QED) is 0.394. The molecule has 0 aromatic heterocycles. The summed E-state index contributed by atoms with van der Waals surface area (Å²) in [5.74, 6) is -0.170. The highest BCUT2D eigenvalue weighted by Crippen LogP contribution is 2.28. The molecule has 31 heavy (non-hydrogen) atoms. The first-order chi connectivity index (χ1) is 15.0. The number of rotatable bonds is 9. The molecule has 0 bridgehead atoms. The van der Waals surface area contributed by atoms with Crippen LogP contribution in [0.4, 0.5) is 14.9 Å². The van der Waals surface area contributed by atoms with E-state index in [2.05, 4.69) is 16.0 Å². The van der Waals surface area contributed by atoms with E-state index in [1.54, 1.807) is 18.2 Å². The van der Waals surface area contributed by atoms with Crippen LogP contribution in [0.15, 0.2) is 36.4 Å². The third kappa shape index (κ3) is 7.09. The summed E-state index contributed by atoms with van der Waals surface area (Å²) in [6.45, 7) is 3.21. The Kier molecular flexibility index (Phi) is 9.00. The number of carbonyl (C=O) groups excluding carboxylic acids is 1. The van der Waals surface area contributed by atoms with E-state index in [9.17, 15) is 9.18 Å². The van der Waals surface area contributed by atoms with Gasteiger partial charge in [0.1, 0.15) is 5.82 Å². The van der Waals surface area contributed by atoms with Crippen LogP contribution in [0, 0.1) is 5.82 Å². The lowest BCUT2D eigenvalue weighted by Gasteiger charge is -2.21. The van der Waals surface area contributed by atoms with E-state index in [-0.39, 0.29) is 17.8 Å². The second-order valence-corrected chi connectivity index (χ2v) is 8.90. The SMILES string of the molecule is CCc1cc(NC(=O)NCC(CCNC2CCCC2)c2ccc(Cl)c(Cl)c2)ccc1F. The largest absolute Gasteiger partial charge is 0.337 e. The van der Waals surface area contributed by atoms with Gasteiger partial charge in [-0.2, -0.15) is 0 Å². The monoisotopic (exact) mass is 465 g/mol. The van der Waals surface area contributed by atoms with E-state index >= 15 is 0 Å². The van der Waals surface area contributed by atoms with Crippen LogP contribution in [0.25, 0.3) is 0 Å². The van der Waals surface area contributed by atoms with Gasteiger partial charge in [0, 0.05) is 24.2 Å². The second-order valence-electron chi connectivity index (χ2n) is 8.09. The number of halogens is 3. The van der Waals surface area contributed by atoms with E-state index < -0.39 is 0 Å². The summed E-state index contributed by atoms with van der Waals surface area (Å²) in [6, 6.07) is 10.5. The van der Waals surface area contributed by atoms with Gasteiger partial charge in [-0.1, -0.05) is 49.0 Å². The van der Waals surface area contributed by atoms with Gasteiger partial charge in [0.05, 0.1) is 10.0 Å². The second kappa shape index (κ2) is 11.7. The average Bonchev–Trinajstić information content (AvgIpc) is 3.27. The maximum absolute atomic E-state index is 13.7. The number of nitrogens with one attached hydrogen (secondary N) is 3. The topological polar surface area (TPSA) is 53.2 Å². The van der Waals surface area contributed by atoms with Crippen molar-refractivity contribution >= 4 is 34.9 Å². The maximum atomic E-state index is 13.7. The molecule has 1 aliphatic carbocycles. The maximum Gasteiger partial charge on any atom is 0.319 e. The molecule has 0 saturated heterocycles. The summed E-state index contributed by atoms with van der Waals surface area (Å²) in [7, 11) is 0. The first-order valence-electron chi connectivity index (χ1n) is 11.0. The molecule has 1 aliphatic rings. The number of hydrogen-bond acceptors (Lipinski definition) is 2. The molecule has 3 rings (SSSR count). The van der Waals surface area contributed by atoms with Crippen LogP contribution in [0.2, 0.25) is 10.0 Å². The lowest BCUT2D eigenvalue weighted by atomic mass is 9.95. The van der Waals surface area contributed by atoms with Crippen molar-refractivity contribution in [3.05, 3.63) is 63.4 Å². The smallest absolute Gasteiger partial charge is 0.319 e. The third-order valence-corrected chi connectivity index (χ3v) is 6.63. The van der Waals surface area contributed by atoms with E-state index in [1.165, 1.54) is 31.7 Å². The molecule has 0 heterocycles. The summed E-state index contributed by atoms with van der Waals surface area (Å²) in [5.41, 5.74) is 2.19. The fraction of sp³-hybridized carbons (Fsp3) is 0.458. The van der Waals surface area contributed by atoms with Crippen LogP contribution in [0.3, 0.4) is 0 Å². The molecular weight excluding hydrogens is 436 g/mol. The zero-order valence-corrected chi connectivity index (χ0v) is 19.3. The number of amides is 2. The lowest BCUT2D eigenvalue weighted by Crippen LogP contribution is -2.34. The molecule has 1 saturated carbocycles. The van der Waals surface area contributed by atoms with Gasteiger partial charge in [-0.25, -0.2) is 9.18 Å². The van der Waals surface area contributed by atoms with Gasteiger partial charge in [-0.15, -0.1) is 0 Å². The lowest BCUT2D eigenvalue weighted by molar-refractivity contribution is 0.251. The molecule has 4 nitrogen and oxygen atoms in total. The van der Waals surface area contributed by atoms with Crippen molar-refractivity contribution in [3.8, 4) is 0 Å². The summed E-state index contributed by atoms with van der Waals surface area (Å²) >= 11 is 12.3. The summed E-state index contributed by atoms with van der Waals surface area (Å²) in [5, 5.41) is 10.4. The average molecular weight is 466 g/mol. The molecule has 168 valence electrons. The van der Waals surface area contributed by atoms with Crippen LogP contribution < -0.4 is 16.0 Å². The Morgan fingerprint density at radius 1 is 1.13 bits per heavy atom. The summed E-state index contributed by atoms with van der Waals surface area (Å²) in [6.07, 6.45) is 6.48. The van der Waals surface area contributed by atoms with Crippen molar-refractivity contribution in [1.82, 2.24) is 10.6 Å². The van der Waals surface area contributed by atoms with Crippen molar-refractivity contribution in [3.63, 3.8) is 0 Å². The molecule has 2 aromatic rings. The Morgan fingerprint density at radius 2 is 1.90 bits per heavy atom. The Balaban J connectivity index is 1.59. The van der Waals surface area contributed by atoms with Crippen molar-refractivity contribution in [1.29, 1.82) is 0 Å². The van der Waals surface area contributed by atoms with Gasteiger partial charge in [0.25, 0.3) is 0 Å². The predicted molar refractivity (Wildman–Crippen MR) is 127 cm³/mol. The minimum absolute atomic E-state index is 0.0915. The molecular formula is C24H30Cl2FN3O. The zero-order chi connectivity index (χ0) is 22.2. The number of urea groups is 1. The molecule has 0 spiro atoms. The van der Waals surface area contributed by atoms with Crippen LogP contribution in [-0.4, -0.2) is 25.2 Å². The Hall–Kier alpha value is -1.82. The highest BCUT2D eigenvalue weighted by Gasteiger charge is 2.18. The highest BCUT2D eigenvalue weighted by atomic mass is 35.5. The van der Waals surface area contributed by atoms with Crippen molar-refractivity contribution < 1.29 is 9.18 Å². The van der Waals surface area contributed by atoms with E-state index in [4.69, 9.17) is 23.2 Å². The summed E-state index contributed by atoms with van der Waals surface area (Å²) in [4.78, 5) is 12.5. The molecule has 2 amide bonds. The van der Waals surface area contributed by atoms with Crippen LogP contribution in [0.1, 0.15) is 56.1 Å². The first-order valence-corrected chi connectivity index (χ1v) is 11.7. The fourth-order valence-electron chi connectivity index (χ4n) is 4.06. The Morgan fingerprint density at radius 3 is 2.61 bits per heavy atom. The molecule has 2 aromatic carbocycles. The van der Waals surface area contributed by atoms with Crippen LogP contribution in [0.5, 0.6) is 0 Å². The van der Waals surface area contributed by atoms with Gasteiger partial charge < -0.3 is 16.0 Å². The third-order valence-electron chi connectivity index (χ3n) is 5.89. The predicted octanol–water partition coefficient (Wildman–Crippen LogP) is 6.52. The van der Waals surface area contributed by atoms with Gasteiger partial charge in [-0.05, 0) is 73.7 Å². The van der Waals surface area contributed by atoms with Crippen molar-refractivity contribution in [2.75, 3.05) is 18.4 Å².